The fourth-order valence-corrected chi connectivity index (χ4v) is 2.68. The van der Waals surface area contributed by atoms with Crippen molar-refractivity contribution in [3.05, 3.63) is 23.8 Å². The van der Waals surface area contributed by atoms with Crippen molar-refractivity contribution in [2.24, 2.45) is 0 Å². The first-order valence-electron chi connectivity index (χ1n) is 7.88. The van der Waals surface area contributed by atoms with Crippen LogP contribution < -0.4 is 9.47 Å². The van der Waals surface area contributed by atoms with Crippen molar-refractivity contribution < 1.29 is 14.2 Å². The Balaban J connectivity index is 1.93. The topological polar surface area (TPSA) is 34.2 Å². The number of methoxy groups -OCH3 is 2. The van der Waals surface area contributed by atoms with Gasteiger partial charge < -0.3 is 14.2 Å². The number of ether oxygens (including phenoxy) is 3. The molecule has 22 heavy (non-hydrogen) atoms. The standard InChI is InChI=1S/C17H28N2O3/c1-14(15-5-6-16(20-3)17(13-15)21-4)18(2)7-8-19-9-11-22-12-10-19/h5-6,13-14H,7-12H2,1-4H3. The summed E-state index contributed by atoms with van der Waals surface area (Å²) in [5.74, 6) is 1.56. The molecule has 1 aliphatic heterocycles. The Morgan fingerprint density at radius 3 is 2.50 bits per heavy atom. The van der Waals surface area contributed by atoms with Gasteiger partial charge in [-0.2, -0.15) is 0 Å². The molecular formula is C17H28N2O3. The predicted molar refractivity (Wildman–Crippen MR) is 87.9 cm³/mol. The third-order valence-electron chi connectivity index (χ3n) is 4.42. The van der Waals surface area contributed by atoms with Gasteiger partial charge in [0.2, 0.25) is 0 Å². The van der Waals surface area contributed by atoms with Crippen LogP contribution in [-0.2, 0) is 4.74 Å². The van der Waals surface area contributed by atoms with Crippen LogP contribution >= 0.6 is 0 Å². The van der Waals surface area contributed by atoms with E-state index < -0.39 is 0 Å². The summed E-state index contributed by atoms with van der Waals surface area (Å²) in [6.45, 7) is 8.13. The molecule has 1 atom stereocenters. The second kappa shape index (κ2) is 8.36. The van der Waals surface area contributed by atoms with E-state index in [0.717, 1.165) is 50.9 Å². The number of nitrogens with zero attached hydrogens (tertiary/aromatic N) is 2. The molecular weight excluding hydrogens is 280 g/mol. The van der Waals surface area contributed by atoms with Gasteiger partial charge in [0.05, 0.1) is 27.4 Å². The van der Waals surface area contributed by atoms with Crippen molar-refractivity contribution in [2.75, 3.05) is 60.7 Å². The molecule has 0 aromatic heterocycles. The third kappa shape index (κ3) is 4.35. The normalized spacial score (nSPS) is 17.5. The molecule has 0 bridgehead atoms. The average molecular weight is 308 g/mol. The first-order valence-corrected chi connectivity index (χ1v) is 7.88. The highest BCUT2D eigenvalue weighted by molar-refractivity contribution is 5.43. The summed E-state index contributed by atoms with van der Waals surface area (Å²) < 4.78 is 16.1. The largest absolute Gasteiger partial charge is 0.493 e. The molecule has 2 rings (SSSR count). The van der Waals surface area contributed by atoms with E-state index in [1.807, 2.05) is 6.07 Å². The van der Waals surface area contributed by atoms with E-state index in [4.69, 9.17) is 14.2 Å². The number of rotatable bonds is 7. The van der Waals surface area contributed by atoms with E-state index in [2.05, 4.69) is 35.9 Å². The summed E-state index contributed by atoms with van der Waals surface area (Å²) in [5.41, 5.74) is 1.24. The van der Waals surface area contributed by atoms with Gasteiger partial charge in [-0.1, -0.05) is 6.07 Å². The highest BCUT2D eigenvalue weighted by Gasteiger charge is 2.16. The minimum absolute atomic E-state index is 0.334. The van der Waals surface area contributed by atoms with Gasteiger partial charge in [0.15, 0.2) is 11.5 Å². The molecule has 1 fully saturated rings. The van der Waals surface area contributed by atoms with Gasteiger partial charge in [0.25, 0.3) is 0 Å². The Bertz CT molecular complexity index is 461. The van der Waals surface area contributed by atoms with E-state index in [9.17, 15) is 0 Å². The van der Waals surface area contributed by atoms with Gasteiger partial charge in [0, 0.05) is 32.2 Å². The molecule has 0 spiro atoms. The lowest BCUT2D eigenvalue weighted by Crippen LogP contribution is -2.41. The summed E-state index contributed by atoms with van der Waals surface area (Å²) in [7, 11) is 5.51. The van der Waals surface area contributed by atoms with Crippen LogP contribution in [-0.4, -0.2) is 70.5 Å². The minimum atomic E-state index is 0.334. The minimum Gasteiger partial charge on any atom is -0.493 e. The molecule has 0 amide bonds. The highest BCUT2D eigenvalue weighted by Crippen LogP contribution is 2.31. The molecule has 124 valence electrons. The van der Waals surface area contributed by atoms with Gasteiger partial charge in [-0.3, -0.25) is 9.80 Å². The number of morpholine rings is 1. The van der Waals surface area contributed by atoms with Crippen LogP contribution in [0.5, 0.6) is 11.5 Å². The zero-order chi connectivity index (χ0) is 15.9. The molecule has 1 aromatic rings. The molecule has 0 N–H and O–H groups in total. The first-order chi connectivity index (χ1) is 10.7. The number of benzene rings is 1. The second-order valence-corrected chi connectivity index (χ2v) is 5.73. The van der Waals surface area contributed by atoms with E-state index in [0.29, 0.717) is 6.04 Å². The van der Waals surface area contributed by atoms with Gasteiger partial charge in [0.1, 0.15) is 0 Å². The monoisotopic (exact) mass is 308 g/mol. The summed E-state index contributed by atoms with van der Waals surface area (Å²) >= 11 is 0. The fourth-order valence-electron chi connectivity index (χ4n) is 2.68. The Kier molecular flexibility index (Phi) is 6.49. The molecule has 1 unspecified atom stereocenters. The Labute approximate surface area is 133 Å². The summed E-state index contributed by atoms with van der Waals surface area (Å²) in [4.78, 5) is 4.83. The highest BCUT2D eigenvalue weighted by atomic mass is 16.5. The van der Waals surface area contributed by atoms with Crippen LogP contribution in [0.15, 0.2) is 18.2 Å². The fraction of sp³-hybridized carbons (Fsp3) is 0.647. The smallest absolute Gasteiger partial charge is 0.161 e. The number of hydrogen-bond donors (Lipinski definition) is 0. The summed E-state index contributed by atoms with van der Waals surface area (Å²) in [6, 6.07) is 6.48. The van der Waals surface area contributed by atoms with E-state index in [-0.39, 0.29) is 0 Å². The SMILES string of the molecule is COc1ccc(C(C)N(C)CCN2CCOCC2)cc1OC. The Morgan fingerprint density at radius 1 is 1.18 bits per heavy atom. The first kappa shape index (κ1) is 17.1. The van der Waals surface area contributed by atoms with Crippen molar-refractivity contribution in [1.82, 2.24) is 9.80 Å². The predicted octanol–water partition coefficient (Wildman–Crippen LogP) is 2.03. The van der Waals surface area contributed by atoms with Gasteiger partial charge in [-0.05, 0) is 31.7 Å². The number of likely N-dealkylation sites (N-methyl/N-ethyl adjacent to an activating group) is 1. The van der Waals surface area contributed by atoms with Crippen LogP contribution in [0.4, 0.5) is 0 Å². The molecule has 0 saturated carbocycles. The van der Waals surface area contributed by atoms with Crippen molar-refractivity contribution in [3.8, 4) is 11.5 Å². The molecule has 5 nitrogen and oxygen atoms in total. The quantitative estimate of drug-likeness (QED) is 0.770. The van der Waals surface area contributed by atoms with Crippen molar-refractivity contribution in [1.29, 1.82) is 0 Å². The maximum absolute atomic E-state index is 5.40. The number of hydrogen-bond acceptors (Lipinski definition) is 5. The third-order valence-corrected chi connectivity index (χ3v) is 4.42. The lowest BCUT2D eigenvalue weighted by molar-refractivity contribution is 0.0329. The van der Waals surface area contributed by atoms with Crippen molar-refractivity contribution in [2.45, 2.75) is 13.0 Å². The van der Waals surface area contributed by atoms with Gasteiger partial charge in [-0.15, -0.1) is 0 Å². The molecule has 0 radical (unpaired) electrons. The maximum Gasteiger partial charge on any atom is 0.161 e. The zero-order valence-electron chi connectivity index (χ0n) is 14.2. The average Bonchev–Trinajstić information content (AvgIpc) is 2.59. The van der Waals surface area contributed by atoms with Crippen molar-refractivity contribution in [3.63, 3.8) is 0 Å². The van der Waals surface area contributed by atoms with E-state index >= 15 is 0 Å². The van der Waals surface area contributed by atoms with Crippen LogP contribution in [0.1, 0.15) is 18.5 Å². The Morgan fingerprint density at radius 2 is 1.86 bits per heavy atom. The van der Waals surface area contributed by atoms with Crippen LogP contribution in [0.2, 0.25) is 0 Å². The zero-order valence-corrected chi connectivity index (χ0v) is 14.2. The van der Waals surface area contributed by atoms with Crippen LogP contribution in [0.3, 0.4) is 0 Å². The maximum atomic E-state index is 5.40. The van der Waals surface area contributed by atoms with Crippen LogP contribution in [0, 0.1) is 0 Å². The van der Waals surface area contributed by atoms with Crippen molar-refractivity contribution >= 4 is 0 Å². The molecule has 0 aliphatic carbocycles. The lowest BCUT2D eigenvalue weighted by atomic mass is 10.1. The van der Waals surface area contributed by atoms with Crippen LogP contribution in [0.25, 0.3) is 0 Å². The van der Waals surface area contributed by atoms with E-state index in [1.165, 1.54) is 5.56 Å². The molecule has 1 aliphatic rings. The lowest BCUT2D eigenvalue weighted by Gasteiger charge is -2.31. The molecule has 5 heteroatoms. The van der Waals surface area contributed by atoms with Gasteiger partial charge >= 0.3 is 0 Å². The molecule has 1 saturated heterocycles. The van der Waals surface area contributed by atoms with Gasteiger partial charge in [-0.25, -0.2) is 0 Å². The summed E-state index contributed by atoms with van der Waals surface area (Å²) in [5, 5.41) is 0. The molecule has 1 aromatic carbocycles. The molecule has 1 heterocycles. The van der Waals surface area contributed by atoms with E-state index in [1.54, 1.807) is 14.2 Å². The Hall–Kier alpha value is -1.30. The summed E-state index contributed by atoms with van der Waals surface area (Å²) in [6.07, 6.45) is 0. The second-order valence-electron chi connectivity index (χ2n) is 5.73.